The lowest BCUT2D eigenvalue weighted by Crippen LogP contribution is -2.45. The summed E-state index contributed by atoms with van der Waals surface area (Å²) in [5.41, 5.74) is 4.83. The molecule has 1 atom stereocenters. The van der Waals surface area contributed by atoms with Crippen LogP contribution in [0.3, 0.4) is 0 Å². The third-order valence-corrected chi connectivity index (χ3v) is 6.36. The summed E-state index contributed by atoms with van der Waals surface area (Å²) in [7, 11) is 0. The monoisotopic (exact) mass is 488 g/mol. The number of benzene rings is 3. The molecule has 0 saturated carbocycles. The minimum Gasteiger partial charge on any atom is -0.334 e. The van der Waals surface area contributed by atoms with E-state index in [1.54, 1.807) is 29.2 Å². The van der Waals surface area contributed by atoms with E-state index in [-0.39, 0.29) is 17.7 Å². The maximum atomic E-state index is 13.6. The topological polar surface area (TPSA) is 71.3 Å². The van der Waals surface area contributed by atoms with Crippen molar-refractivity contribution in [2.75, 3.05) is 0 Å². The Balaban J connectivity index is 1.61. The fourth-order valence-electron chi connectivity index (χ4n) is 4.19. The molecule has 2 heterocycles. The van der Waals surface area contributed by atoms with Crippen molar-refractivity contribution in [3.63, 3.8) is 0 Å². The fraction of sp³-hybridized carbons (Fsp3) is 0.148. The third kappa shape index (κ3) is 4.55. The van der Waals surface area contributed by atoms with E-state index >= 15 is 0 Å². The molecule has 0 radical (unpaired) electrons. The van der Waals surface area contributed by atoms with Crippen LogP contribution in [-0.2, 0) is 6.54 Å². The highest BCUT2D eigenvalue weighted by atomic mass is 35.5. The number of carbonyl (C=O) groups is 1. The lowest BCUT2D eigenvalue weighted by Gasteiger charge is -2.35. The third-order valence-electron chi connectivity index (χ3n) is 6.13. The van der Waals surface area contributed by atoms with E-state index in [1.807, 2.05) is 50.2 Å². The number of carbonyl (C=O) groups excluding carboxylic acids is 1. The first-order chi connectivity index (χ1) is 16.9. The van der Waals surface area contributed by atoms with Gasteiger partial charge in [0.2, 0.25) is 5.82 Å². The van der Waals surface area contributed by atoms with Gasteiger partial charge in [-0.2, -0.15) is 4.98 Å². The number of nitrogens with zero attached hydrogens (tertiary/aromatic N) is 3. The standard InChI is InChI=1S/C27H22ClFN4O2/c1-16-6-3-4-7-20(16)15-33-17(2)23(24(30-27(33)34)18-10-12-22(29)13-11-18)26-31-25(32-35-26)19-8-5-9-21(28)14-19/h3-14,24H,15H2,1-2H3,(H,30,34). The Morgan fingerprint density at radius 2 is 1.83 bits per heavy atom. The fourth-order valence-corrected chi connectivity index (χ4v) is 4.38. The molecular formula is C27H22ClFN4O2. The molecule has 1 unspecified atom stereocenters. The zero-order valence-electron chi connectivity index (χ0n) is 19.1. The average molecular weight is 489 g/mol. The molecule has 8 heteroatoms. The minimum atomic E-state index is -0.594. The summed E-state index contributed by atoms with van der Waals surface area (Å²) in [6.45, 7) is 4.24. The van der Waals surface area contributed by atoms with E-state index in [1.165, 1.54) is 12.1 Å². The predicted octanol–water partition coefficient (Wildman–Crippen LogP) is 6.54. The minimum absolute atomic E-state index is 0.265. The van der Waals surface area contributed by atoms with Crippen LogP contribution < -0.4 is 5.32 Å². The van der Waals surface area contributed by atoms with Gasteiger partial charge in [-0.3, -0.25) is 4.90 Å². The van der Waals surface area contributed by atoms with Crippen molar-refractivity contribution < 1.29 is 13.7 Å². The molecule has 1 N–H and O–H groups in total. The Morgan fingerprint density at radius 3 is 2.57 bits per heavy atom. The molecule has 5 rings (SSSR count). The van der Waals surface area contributed by atoms with Gasteiger partial charge in [0.05, 0.1) is 18.2 Å². The van der Waals surface area contributed by atoms with Gasteiger partial charge in [-0.25, -0.2) is 9.18 Å². The molecule has 0 fully saturated rings. The average Bonchev–Trinajstić information content (AvgIpc) is 3.33. The van der Waals surface area contributed by atoms with Crippen LogP contribution in [0.5, 0.6) is 0 Å². The molecule has 0 bridgehead atoms. The summed E-state index contributed by atoms with van der Waals surface area (Å²) in [5.74, 6) is 0.282. The van der Waals surface area contributed by atoms with Crippen molar-refractivity contribution in [3.05, 3.63) is 112 Å². The van der Waals surface area contributed by atoms with Crippen LogP contribution in [0, 0.1) is 12.7 Å². The summed E-state index contributed by atoms with van der Waals surface area (Å²) in [6.07, 6.45) is 0. The number of hydrogen-bond acceptors (Lipinski definition) is 4. The number of nitrogens with one attached hydrogen (secondary N) is 1. The first-order valence-corrected chi connectivity index (χ1v) is 11.5. The molecule has 0 spiro atoms. The van der Waals surface area contributed by atoms with Crippen molar-refractivity contribution in [1.29, 1.82) is 0 Å². The predicted molar refractivity (Wildman–Crippen MR) is 132 cm³/mol. The van der Waals surface area contributed by atoms with Crippen LogP contribution >= 0.6 is 11.6 Å². The number of aromatic nitrogens is 2. The lowest BCUT2D eigenvalue weighted by atomic mass is 9.94. The molecular weight excluding hydrogens is 467 g/mol. The second kappa shape index (κ2) is 9.35. The van der Waals surface area contributed by atoms with Crippen molar-refractivity contribution in [3.8, 4) is 11.4 Å². The smallest absolute Gasteiger partial charge is 0.322 e. The zero-order valence-corrected chi connectivity index (χ0v) is 19.9. The highest BCUT2D eigenvalue weighted by molar-refractivity contribution is 6.30. The van der Waals surface area contributed by atoms with E-state index in [0.29, 0.717) is 39.8 Å². The molecule has 0 aliphatic carbocycles. The zero-order chi connectivity index (χ0) is 24.5. The van der Waals surface area contributed by atoms with Gasteiger partial charge in [-0.1, -0.05) is 65.3 Å². The van der Waals surface area contributed by atoms with Crippen LogP contribution in [0.25, 0.3) is 17.0 Å². The Hall–Kier alpha value is -3.97. The van der Waals surface area contributed by atoms with Crippen LogP contribution in [0.2, 0.25) is 5.02 Å². The summed E-state index contributed by atoms with van der Waals surface area (Å²) >= 11 is 6.13. The van der Waals surface area contributed by atoms with Gasteiger partial charge in [-0.05, 0) is 54.8 Å². The van der Waals surface area contributed by atoms with Crippen LogP contribution in [0.15, 0.2) is 83.0 Å². The number of halogens is 2. The number of aryl methyl sites for hydroxylation is 1. The van der Waals surface area contributed by atoms with Gasteiger partial charge < -0.3 is 9.84 Å². The molecule has 2 amide bonds. The largest absolute Gasteiger partial charge is 0.334 e. The van der Waals surface area contributed by atoms with Crippen LogP contribution in [0.4, 0.5) is 9.18 Å². The van der Waals surface area contributed by atoms with Crippen LogP contribution in [0.1, 0.15) is 35.5 Å². The number of allylic oxidation sites excluding steroid dienone is 1. The number of hydrogen-bond donors (Lipinski definition) is 1. The molecule has 1 aliphatic heterocycles. The van der Waals surface area contributed by atoms with Gasteiger partial charge in [0.25, 0.3) is 5.89 Å². The van der Waals surface area contributed by atoms with E-state index in [0.717, 1.165) is 11.1 Å². The second-order valence-corrected chi connectivity index (χ2v) is 8.82. The van der Waals surface area contributed by atoms with E-state index in [9.17, 15) is 9.18 Å². The summed E-state index contributed by atoms with van der Waals surface area (Å²) < 4.78 is 19.3. The van der Waals surface area contributed by atoms with Crippen molar-refractivity contribution in [2.24, 2.45) is 0 Å². The highest BCUT2D eigenvalue weighted by Gasteiger charge is 2.36. The van der Waals surface area contributed by atoms with E-state index in [2.05, 4.69) is 15.5 Å². The molecule has 6 nitrogen and oxygen atoms in total. The number of rotatable bonds is 5. The van der Waals surface area contributed by atoms with Gasteiger partial charge in [0.15, 0.2) is 0 Å². The lowest BCUT2D eigenvalue weighted by molar-refractivity contribution is 0.203. The quantitative estimate of drug-likeness (QED) is 0.346. The molecule has 1 aromatic heterocycles. The van der Waals surface area contributed by atoms with Gasteiger partial charge in [0, 0.05) is 16.3 Å². The van der Waals surface area contributed by atoms with Gasteiger partial charge in [0.1, 0.15) is 5.82 Å². The highest BCUT2D eigenvalue weighted by Crippen LogP contribution is 2.38. The Bertz CT molecular complexity index is 1430. The Kier molecular flexibility index (Phi) is 6.09. The summed E-state index contributed by atoms with van der Waals surface area (Å²) in [6, 6.07) is 20.2. The van der Waals surface area contributed by atoms with Crippen molar-refractivity contribution in [2.45, 2.75) is 26.4 Å². The molecule has 1 aliphatic rings. The number of urea groups is 1. The maximum Gasteiger partial charge on any atom is 0.322 e. The van der Waals surface area contributed by atoms with Crippen LogP contribution in [-0.4, -0.2) is 21.1 Å². The van der Waals surface area contributed by atoms with Crippen molar-refractivity contribution >= 4 is 23.2 Å². The number of amides is 2. The van der Waals surface area contributed by atoms with Crippen molar-refractivity contribution in [1.82, 2.24) is 20.4 Å². The van der Waals surface area contributed by atoms with Gasteiger partial charge >= 0.3 is 6.03 Å². The molecule has 3 aromatic carbocycles. The second-order valence-electron chi connectivity index (χ2n) is 8.38. The summed E-state index contributed by atoms with van der Waals surface area (Å²) in [4.78, 5) is 19.5. The molecule has 0 saturated heterocycles. The SMILES string of the molecule is CC1=C(c2nc(-c3cccc(Cl)c3)no2)C(c2ccc(F)cc2)NC(=O)N1Cc1ccccc1C. The Morgan fingerprint density at radius 1 is 1.06 bits per heavy atom. The van der Waals surface area contributed by atoms with E-state index < -0.39 is 6.04 Å². The first kappa shape index (κ1) is 22.8. The molecule has 35 heavy (non-hydrogen) atoms. The molecule has 4 aromatic rings. The Labute approximate surface area is 207 Å². The summed E-state index contributed by atoms with van der Waals surface area (Å²) in [5, 5.41) is 7.75. The van der Waals surface area contributed by atoms with E-state index in [4.69, 9.17) is 16.1 Å². The maximum absolute atomic E-state index is 13.6. The van der Waals surface area contributed by atoms with Gasteiger partial charge in [-0.15, -0.1) is 0 Å². The molecule has 176 valence electrons. The first-order valence-electron chi connectivity index (χ1n) is 11.1. The normalized spacial score (nSPS) is 15.9.